The minimum atomic E-state index is 0.0538. The fourth-order valence-electron chi connectivity index (χ4n) is 1.73. The van der Waals surface area contributed by atoms with Crippen molar-refractivity contribution in [2.75, 3.05) is 12.4 Å². The molecule has 1 aromatic rings. The highest BCUT2D eigenvalue weighted by Crippen LogP contribution is 2.33. The average molecular weight is 226 g/mol. The molecule has 0 aliphatic carbocycles. The zero-order chi connectivity index (χ0) is 10.8. The molecule has 1 heterocycles. The van der Waals surface area contributed by atoms with Crippen molar-refractivity contribution in [1.29, 1.82) is 0 Å². The van der Waals surface area contributed by atoms with Crippen LogP contribution in [-0.4, -0.2) is 13.0 Å². The third-order valence-electron chi connectivity index (χ3n) is 2.50. The summed E-state index contributed by atoms with van der Waals surface area (Å²) in [4.78, 5) is 11.3. The summed E-state index contributed by atoms with van der Waals surface area (Å²) in [5.74, 6) is 0.649. The summed E-state index contributed by atoms with van der Waals surface area (Å²) in [6.45, 7) is 0. The SMILES string of the molecule is COc1cc2c(cc1Cl)CCCC(=O)N2. The summed E-state index contributed by atoms with van der Waals surface area (Å²) in [6.07, 6.45) is 2.30. The number of fused-ring (bicyclic) bond motifs is 1. The quantitative estimate of drug-likeness (QED) is 0.798. The standard InChI is InChI=1S/C11H12ClNO2/c1-15-10-6-9-7(5-8(10)12)3-2-4-11(14)13-9/h5-6H,2-4H2,1H3,(H,13,14). The summed E-state index contributed by atoms with van der Waals surface area (Å²) in [6, 6.07) is 3.64. The Labute approximate surface area is 93.4 Å². The fourth-order valence-corrected chi connectivity index (χ4v) is 1.99. The van der Waals surface area contributed by atoms with Gasteiger partial charge in [0.2, 0.25) is 5.91 Å². The monoisotopic (exact) mass is 225 g/mol. The van der Waals surface area contributed by atoms with Crippen LogP contribution in [0.2, 0.25) is 5.02 Å². The number of hydrogen-bond donors (Lipinski definition) is 1. The van der Waals surface area contributed by atoms with E-state index in [1.165, 1.54) is 0 Å². The molecule has 0 atom stereocenters. The van der Waals surface area contributed by atoms with Gasteiger partial charge in [-0.05, 0) is 24.5 Å². The lowest BCUT2D eigenvalue weighted by Crippen LogP contribution is -2.09. The molecule has 0 bridgehead atoms. The van der Waals surface area contributed by atoms with E-state index >= 15 is 0 Å². The van der Waals surface area contributed by atoms with E-state index in [0.717, 1.165) is 24.1 Å². The first-order valence-electron chi connectivity index (χ1n) is 4.87. The second kappa shape index (κ2) is 4.11. The van der Waals surface area contributed by atoms with Gasteiger partial charge >= 0.3 is 0 Å². The van der Waals surface area contributed by atoms with Crippen LogP contribution in [0.15, 0.2) is 12.1 Å². The van der Waals surface area contributed by atoms with Gasteiger partial charge in [0.05, 0.1) is 12.1 Å². The lowest BCUT2D eigenvalue weighted by molar-refractivity contribution is -0.116. The van der Waals surface area contributed by atoms with Gasteiger partial charge in [-0.1, -0.05) is 11.6 Å². The van der Waals surface area contributed by atoms with Crippen LogP contribution >= 0.6 is 11.6 Å². The number of benzene rings is 1. The van der Waals surface area contributed by atoms with Crippen LogP contribution in [0.1, 0.15) is 18.4 Å². The molecule has 0 spiro atoms. The maximum absolute atomic E-state index is 11.3. The summed E-state index contributed by atoms with van der Waals surface area (Å²) < 4.78 is 5.10. The first kappa shape index (κ1) is 10.3. The Kier molecular flexibility index (Phi) is 2.82. The molecule has 3 nitrogen and oxygen atoms in total. The van der Waals surface area contributed by atoms with Crippen molar-refractivity contribution in [2.45, 2.75) is 19.3 Å². The van der Waals surface area contributed by atoms with Crippen LogP contribution in [-0.2, 0) is 11.2 Å². The molecule has 4 heteroatoms. The number of aryl methyl sites for hydroxylation is 1. The first-order valence-corrected chi connectivity index (χ1v) is 5.25. The van der Waals surface area contributed by atoms with Crippen molar-refractivity contribution in [3.63, 3.8) is 0 Å². The van der Waals surface area contributed by atoms with Crippen LogP contribution in [0.3, 0.4) is 0 Å². The molecule has 1 N–H and O–H groups in total. The van der Waals surface area contributed by atoms with Gasteiger partial charge in [-0.3, -0.25) is 4.79 Å². The Balaban J connectivity index is 2.44. The van der Waals surface area contributed by atoms with Crippen LogP contribution in [0.25, 0.3) is 0 Å². The number of hydrogen-bond acceptors (Lipinski definition) is 2. The van der Waals surface area contributed by atoms with Crippen LogP contribution < -0.4 is 10.1 Å². The zero-order valence-electron chi connectivity index (χ0n) is 8.47. The number of halogens is 1. The Hall–Kier alpha value is -1.22. The molecular formula is C11H12ClNO2. The third-order valence-corrected chi connectivity index (χ3v) is 2.80. The summed E-state index contributed by atoms with van der Waals surface area (Å²) >= 11 is 6.01. The number of amides is 1. The Bertz CT molecular complexity index is 404. The molecule has 1 amide bonds. The Morgan fingerprint density at radius 1 is 1.40 bits per heavy atom. The zero-order valence-corrected chi connectivity index (χ0v) is 9.23. The second-order valence-corrected chi connectivity index (χ2v) is 3.95. The van der Waals surface area contributed by atoms with Crippen molar-refractivity contribution in [3.05, 3.63) is 22.7 Å². The van der Waals surface area contributed by atoms with Crippen LogP contribution in [0.5, 0.6) is 5.75 Å². The molecule has 1 aliphatic heterocycles. The minimum absolute atomic E-state index is 0.0538. The van der Waals surface area contributed by atoms with Crippen molar-refractivity contribution in [3.8, 4) is 5.75 Å². The number of carbonyl (C=O) groups excluding carboxylic acids is 1. The molecule has 2 rings (SSSR count). The Morgan fingerprint density at radius 2 is 2.20 bits per heavy atom. The van der Waals surface area contributed by atoms with Crippen molar-refractivity contribution in [1.82, 2.24) is 0 Å². The Morgan fingerprint density at radius 3 is 2.93 bits per heavy atom. The van der Waals surface area contributed by atoms with Gasteiger partial charge in [0, 0.05) is 18.2 Å². The van der Waals surface area contributed by atoms with E-state index in [0.29, 0.717) is 17.2 Å². The summed E-state index contributed by atoms with van der Waals surface area (Å²) in [7, 11) is 1.56. The molecular weight excluding hydrogens is 214 g/mol. The van der Waals surface area contributed by atoms with E-state index in [4.69, 9.17) is 16.3 Å². The number of anilines is 1. The molecule has 80 valence electrons. The lowest BCUT2D eigenvalue weighted by atomic mass is 10.1. The molecule has 0 saturated heterocycles. The predicted octanol–water partition coefficient (Wildman–Crippen LogP) is 2.62. The molecule has 0 fully saturated rings. The van der Waals surface area contributed by atoms with E-state index in [9.17, 15) is 4.79 Å². The number of ether oxygens (including phenoxy) is 1. The molecule has 15 heavy (non-hydrogen) atoms. The van der Waals surface area contributed by atoms with Crippen LogP contribution in [0, 0.1) is 0 Å². The largest absolute Gasteiger partial charge is 0.495 e. The third kappa shape index (κ3) is 2.07. The summed E-state index contributed by atoms with van der Waals surface area (Å²) in [5, 5.41) is 3.44. The van der Waals surface area contributed by atoms with Gasteiger partial charge in [-0.15, -0.1) is 0 Å². The van der Waals surface area contributed by atoms with E-state index in [2.05, 4.69) is 5.32 Å². The number of carbonyl (C=O) groups is 1. The van der Waals surface area contributed by atoms with Crippen molar-refractivity contribution in [2.24, 2.45) is 0 Å². The van der Waals surface area contributed by atoms with Gasteiger partial charge in [0.15, 0.2) is 0 Å². The molecule has 0 aromatic heterocycles. The van der Waals surface area contributed by atoms with E-state index < -0.39 is 0 Å². The molecule has 0 saturated carbocycles. The van der Waals surface area contributed by atoms with E-state index in [1.807, 2.05) is 6.07 Å². The van der Waals surface area contributed by atoms with Gasteiger partial charge < -0.3 is 10.1 Å². The van der Waals surface area contributed by atoms with Gasteiger partial charge in [0.1, 0.15) is 5.75 Å². The minimum Gasteiger partial charge on any atom is -0.495 e. The van der Waals surface area contributed by atoms with Gasteiger partial charge in [0.25, 0.3) is 0 Å². The normalized spacial score (nSPS) is 15.2. The number of nitrogens with one attached hydrogen (secondary N) is 1. The lowest BCUT2D eigenvalue weighted by Gasteiger charge is -2.10. The van der Waals surface area contributed by atoms with Gasteiger partial charge in [-0.2, -0.15) is 0 Å². The molecule has 1 aromatic carbocycles. The maximum atomic E-state index is 11.3. The van der Waals surface area contributed by atoms with E-state index in [1.54, 1.807) is 13.2 Å². The van der Waals surface area contributed by atoms with Gasteiger partial charge in [-0.25, -0.2) is 0 Å². The fraction of sp³-hybridized carbons (Fsp3) is 0.364. The predicted molar refractivity (Wildman–Crippen MR) is 59.6 cm³/mol. The van der Waals surface area contributed by atoms with Crippen molar-refractivity contribution >= 4 is 23.2 Å². The summed E-state index contributed by atoms with van der Waals surface area (Å²) in [5.41, 5.74) is 1.89. The molecule has 0 radical (unpaired) electrons. The second-order valence-electron chi connectivity index (χ2n) is 3.55. The smallest absolute Gasteiger partial charge is 0.224 e. The average Bonchev–Trinajstić information content (AvgIpc) is 2.37. The highest BCUT2D eigenvalue weighted by Gasteiger charge is 2.15. The highest BCUT2D eigenvalue weighted by molar-refractivity contribution is 6.32. The maximum Gasteiger partial charge on any atom is 0.224 e. The van der Waals surface area contributed by atoms with E-state index in [-0.39, 0.29) is 5.91 Å². The number of rotatable bonds is 1. The highest BCUT2D eigenvalue weighted by atomic mass is 35.5. The number of methoxy groups -OCH3 is 1. The first-order chi connectivity index (χ1) is 7.20. The molecule has 0 unspecified atom stereocenters. The molecule has 1 aliphatic rings. The topological polar surface area (TPSA) is 38.3 Å². The van der Waals surface area contributed by atoms with Crippen LogP contribution in [0.4, 0.5) is 5.69 Å². The van der Waals surface area contributed by atoms with Crippen molar-refractivity contribution < 1.29 is 9.53 Å².